The van der Waals surface area contributed by atoms with Gasteiger partial charge < -0.3 is 9.47 Å². The Hall–Kier alpha value is -2.43. The van der Waals surface area contributed by atoms with E-state index in [1.807, 2.05) is 6.07 Å². The predicted molar refractivity (Wildman–Crippen MR) is 97.7 cm³/mol. The van der Waals surface area contributed by atoms with Crippen LogP contribution >= 0.6 is 0 Å². The molecule has 0 radical (unpaired) electrons. The van der Waals surface area contributed by atoms with Crippen molar-refractivity contribution in [2.75, 3.05) is 6.61 Å². The molecule has 0 saturated heterocycles. The Morgan fingerprint density at radius 1 is 0.963 bits per heavy atom. The quantitative estimate of drug-likeness (QED) is 0.438. The van der Waals surface area contributed by atoms with Crippen molar-refractivity contribution < 1.29 is 23.9 Å². The number of hydrogen-bond donors (Lipinski definition) is 0. The number of ketones is 1. The number of Topliss-reactive ketones (excluding diaryl/α,β-unsaturated/α-hetero) is 1. The maximum absolute atomic E-state index is 12.9. The van der Waals surface area contributed by atoms with Crippen molar-refractivity contribution in [2.24, 2.45) is 35.5 Å². The number of hydrogen-bond acceptors (Lipinski definition) is 5. The molecule has 0 spiro atoms. The normalized spacial score (nSPS) is 32.7. The van der Waals surface area contributed by atoms with Gasteiger partial charge in [0.05, 0.1) is 17.9 Å². The number of rotatable bonds is 6. The maximum atomic E-state index is 12.9. The monoisotopic (exact) mass is 368 g/mol. The zero-order chi connectivity index (χ0) is 19.1. The van der Waals surface area contributed by atoms with Gasteiger partial charge in [-0.3, -0.25) is 14.4 Å². The lowest BCUT2D eigenvalue weighted by molar-refractivity contribution is -0.169. The SMILES string of the molecule is CC(C)OC(=O)[C@@H]1[C@H]2C=C[C@@H]([C@@H]3C[C@H]23)[C@@H]1C(=O)OCC(=O)c1ccccc1. The van der Waals surface area contributed by atoms with Gasteiger partial charge in [0, 0.05) is 5.56 Å². The van der Waals surface area contributed by atoms with Crippen LogP contribution in [0.4, 0.5) is 0 Å². The number of fused-ring (bicyclic) bond motifs is 1. The van der Waals surface area contributed by atoms with Gasteiger partial charge in [-0.25, -0.2) is 0 Å². The molecule has 0 unspecified atom stereocenters. The van der Waals surface area contributed by atoms with Crippen LogP contribution in [0, 0.1) is 35.5 Å². The number of carbonyl (C=O) groups is 3. The van der Waals surface area contributed by atoms with Gasteiger partial charge in [0.1, 0.15) is 0 Å². The molecule has 5 rings (SSSR count). The molecule has 142 valence electrons. The van der Waals surface area contributed by atoms with Crippen molar-refractivity contribution in [3.8, 4) is 0 Å². The van der Waals surface area contributed by atoms with Gasteiger partial charge in [0.25, 0.3) is 0 Å². The second-order valence-corrected chi connectivity index (χ2v) is 8.04. The highest BCUT2D eigenvalue weighted by Crippen LogP contribution is 2.63. The summed E-state index contributed by atoms with van der Waals surface area (Å²) in [6.07, 6.45) is 4.95. The molecule has 0 heterocycles. The van der Waals surface area contributed by atoms with E-state index >= 15 is 0 Å². The molecule has 2 fully saturated rings. The second kappa shape index (κ2) is 6.95. The summed E-state index contributed by atoms with van der Waals surface area (Å²) < 4.78 is 10.8. The fourth-order valence-electron chi connectivity index (χ4n) is 4.77. The summed E-state index contributed by atoms with van der Waals surface area (Å²) in [6.45, 7) is 3.31. The molecule has 27 heavy (non-hydrogen) atoms. The van der Waals surface area contributed by atoms with E-state index in [4.69, 9.17) is 9.47 Å². The van der Waals surface area contributed by atoms with Crippen molar-refractivity contribution in [3.63, 3.8) is 0 Å². The first-order valence-corrected chi connectivity index (χ1v) is 9.61. The Labute approximate surface area is 158 Å². The highest BCUT2D eigenvalue weighted by Gasteiger charge is 2.63. The van der Waals surface area contributed by atoms with E-state index in [1.54, 1.807) is 38.1 Å². The van der Waals surface area contributed by atoms with Crippen LogP contribution in [0.3, 0.4) is 0 Å². The summed E-state index contributed by atoms with van der Waals surface area (Å²) in [5.41, 5.74) is 0.508. The van der Waals surface area contributed by atoms with E-state index in [9.17, 15) is 14.4 Å². The molecule has 0 aliphatic heterocycles. The number of benzene rings is 1. The van der Waals surface area contributed by atoms with Gasteiger partial charge in [-0.2, -0.15) is 0 Å². The molecule has 4 aliphatic carbocycles. The minimum atomic E-state index is -0.557. The molecule has 0 N–H and O–H groups in total. The average molecular weight is 368 g/mol. The van der Waals surface area contributed by atoms with Crippen LogP contribution < -0.4 is 0 Å². The van der Waals surface area contributed by atoms with Gasteiger partial charge >= 0.3 is 11.9 Å². The lowest BCUT2D eigenvalue weighted by atomic mass is 9.62. The number of ether oxygens (including phenoxy) is 2. The summed E-state index contributed by atoms with van der Waals surface area (Å²) in [6, 6.07) is 8.75. The molecular formula is C22H24O5. The molecule has 2 saturated carbocycles. The smallest absolute Gasteiger partial charge is 0.310 e. The molecule has 1 aromatic carbocycles. The molecule has 0 aromatic heterocycles. The van der Waals surface area contributed by atoms with Crippen molar-refractivity contribution in [3.05, 3.63) is 48.0 Å². The van der Waals surface area contributed by atoms with Crippen LogP contribution in [0.25, 0.3) is 0 Å². The van der Waals surface area contributed by atoms with Crippen molar-refractivity contribution in [1.29, 1.82) is 0 Å². The molecule has 4 aliphatic rings. The molecular weight excluding hydrogens is 344 g/mol. The third-order valence-electron chi connectivity index (χ3n) is 5.99. The van der Waals surface area contributed by atoms with Gasteiger partial charge in [0.2, 0.25) is 0 Å². The molecule has 5 nitrogen and oxygen atoms in total. The van der Waals surface area contributed by atoms with E-state index in [0.717, 1.165) is 6.42 Å². The van der Waals surface area contributed by atoms with E-state index in [1.165, 1.54) is 0 Å². The minimum absolute atomic E-state index is 0.00374. The fourth-order valence-corrected chi connectivity index (χ4v) is 4.77. The Bertz CT molecular complexity index is 781. The summed E-state index contributed by atoms with van der Waals surface area (Å²) in [5, 5.41) is 0. The molecule has 0 amide bonds. The van der Waals surface area contributed by atoms with Gasteiger partial charge in [-0.05, 0) is 43.9 Å². The zero-order valence-electron chi connectivity index (χ0n) is 15.5. The van der Waals surface area contributed by atoms with Gasteiger partial charge in [0.15, 0.2) is 12.4 Å². The first-order chi connectivity index (χ1) is 13.0. The maximum Gasteiger partial charge on any atom is 0.310 e. The Balaban J connectivity index is 1.48. The summed E-state index contributed by atoms with van der Waals surface area (Å²) in [7, 11) is 0. The molecule has 6 atom stereocenters. The summed E-state index contributed by atoms with van der Waals surface area (Å²) >= 11 is 0. The first-order valence-electron chi connectivity index (χ1n) is 9.61. The van der Waals surface area contributed by atoms with Crippen molar-refractivity contribution in [1.82, 2.24) is 0 Å². The lowest BCUT2D eigenvalue weighted by Gasteiger charge is -2.41. The van der Waals surface area contributed by atoms with Crippen LogP contribution in [-0.4, -0.2) is 30.4 Å². The fraction of sp³-hybridized carbons (Fsp3) is 0.500. The largest absolute Gasteiger partial charge is 0.463 e. The van der Waals surface area contributed by atoms with Crippen LogP contribution in [0.5, 0.6) is 0 Å². The highest BCUT2D eigenvalue weighted by atomic mass is 16.5. The van der Waals surface area contributed by atoms with Crippen molar-refractivity contribution in [2.45, 2.75) is 26.4 Å². The summed E-state index contributed by atoms with van der Waals surface area (Å²) in [5.74, 6) is -1.14. The predicted octanol–water partition coefficient (Wildman–Crippen LogP) is 3.05. The average Bonchev–Trinajstić information content (AvgIpc) is 3.48. The first kappa shape index (κ1) is 18.0. The van der Waals surface area contributed by atoms with Crippen molar-refractivity contribution >= 4 is 17.7 Å². The number of esters is 2. The third-order valence-corrected chi connectivity index (χ3v) is 5.99. The molecule has 2 bridgehead atoms. The van der Waals surface area contributed by atoms with E-state index in [0.29, 0.717) is 17.4 Å². The van der Waals surface area contributed by atoms with E-state index in [2.05, 4.69) is 12.2 Å². The van der Waals surface area contributed by atoms with Gasteiger partial charge in [-0.15, -0.1) is 0 Å². The molecule has 1 aromatic rings. The standard InChI is InChI=1S/C22H24O5/c1-12(2)27-22(25)20-15-9-8-14(16-10-17(15)16)19(20)21(24)26-11-18(23)13-6-4-3-5-7-13/h3-9,12,14-17,19-20H,10-11H2,1-2H3/t14-,15-,16-,17+,19-,20+/m0/s1. The zero-order valence-corrected chi connectivity index (χ0v) is 15.5. The lowest BCUT2D eigenvalue weighted by Crippen LogP contribution is -2.48. The van der Waals surface area contributed by atoms with Crippen LogP contribution in [0.2, 0.25) is 0 Å². The van der Waals surface area contributed by atoms with Crippen LogP contribution in [0.1, 0.15) is 30.6 Å². The summed E-state index contributed by atoms with van der Waals surface area (Å²) in [4.78, 5) is 37.8. The Kier molecular flexibility index (Phi) is 4.62. The Morgan fingerprint density at radius 3 is 2.15 bits per heavy atom. The van der Waals surface area contributed by atoms with Crippen LogP contribution in [-0.2, 0) is 19.1 Å². The highest BCUT2D eigenvalue weighted by molar-refractivity contribution is 5.98. The second-order valence-electron chi connectivity index (χ2n) is 8.04. The molecule has 5 heteroatoms. The van der Waals surface area contributed by atoms with Gasteiger partial charge in [-0.1, -0.05) is 42.5 Å². The Morgan fingerprint density at radius 2 is 1.56 bits per heavy atom. The number of allylic oxidation sites excluding steroid dienone is 2. The van der Waals surface area contributed by atoms with E-state index < -0.39 is 17.8 Å². The minimum Gasteiger partial charge on any atom is -0.463 e. The topological polar surface area (TPSA) is 69.7 Å². The van der Waals surface area contributed by atoms with Crippen LogP contribution in [0.15, 0.2) is 42.5 Å². The van der Waals surface area contributed by atoms with E-state index in [-0.39, 0.29) is 36.3 Å². The number of carbonyl (C=O) groups excluding carboxylic acids is 3. The third kappa shape index (κ3) is 3.31.